The van der Waals surface area contributed by atoms with Gasteiger partial charge < -0.3 is 14.8 Å². The van der Waals surface area contributed by atoms with E-state index < -0.39 is 0 Å². The molecule has 1 fully saturated rings. The van der Waals surface area contributed by atoms with Crippen molar-refractivity contribution in [2.75, 3.05) is 25.0 Å². The third-order valence-electron chi connectivity index (χ3n) is 4.52. The second kappa shape index (κ2) is 7.59. The van der Waals surface area contributed by atoms with Gasteiger partial charge in [-0.25, -0.2) is 4.98 Å². The van der Waals surface area contributed by atoms with Gasteiger partial charge in [0.15, 0.2) is 12.1 Å². The third kappa shape index (κ3) is 4.01. The molecule has 1 aliphatic heterocycles. The topological polar surface area (TPSA) is 78.6 Å². The predicted molar refractivity (Wildman–Crippen MR) is 90.7 cm³/mol. The third-order valence-corrected chi connectivity index (χ3v) is 4.52. The lowest BCUT2D eigenvalue weighted by Crippen LogP contribution is -2.34. The molecule has 6 nitrogen and oxygen atoms in total. The highest BCUT2D eigenvalue weighted by atomic mass is 16.3. The number of likely N-dealkylation sites (tertiary alicyclic amines) is 1. The van der Waals surface area contributed by atoms with Crippen LogP contribution in [0.1, 0.15) is 34.7 Å². The Labute approximate surface area is 141 Å². The van der Waals surface area contributed by atoms with Gasteiger partial charge in [-0.2, -0.15) is 0 Å². The van der Waals surface area contributed by atoms with Gasteiger partial charge in [-0.3, -0.25) is 9.69 Å². The Morgan fingerprint density at radius 2 is 2.21 bits per heavy atom. The van der Waals surface area contributed by atoms with Crippen LogP contribution < -0.4 is 5.32 Å². The highest BCUT2D eigenvalue weighted by Gasteiger charge is 2.18. The lowest BCUT2D eigenvalue weighted by molar-refractivity contribution is 0.102. The molecular formula is C18H23N3O3. The van der Waals surface area contributed by atoms with E-state index in [0.717, 1.165) is 43.7 Å². The summed E-state index contributed by atoms with van der Waals surface area (Å²) in [6.45, 7) is 4.86. The first-order valence-electron chi connectivity index (χ1n) is 8.29. The molecule has 3 rings (SSSR count). The summed E-state index contributed by atoms with van der Waals surface area (Å²) in [5, 5.41) is 12.1. The second-order valence-electron chi connectivity index (χ2n) is 6.31. The fraction of sp³-hybridized carbons (Fsp3) is 0.444. The minimum atomic E-state index is -0.262. The Morgan fingerprint density at radius 1 is 1.42 bits per heavy atom. The zero-order valence-electron chi connectivity index (χ0n) is 13.9. The Bertz CT molecular complexity index is 690. The molecule has 1 aliphatic rings. The molecule has 0 radical (unpaired) electrons. The van der Waals surface area contributed by atoms with Crippen molar-refractivity contribution in [2.45, 2.75) is 26.3 Å². The molecule has 128 valence electrons. The van der Waals surface area contributed by atoms with Crippen LogP contribution >= 0.6 is 0 Å². The summed E-state index contributed by atoms with van der Waals surface area (Å²) in [6.07, 6.45) is 3.35. The number of anilines is 1. The van der Waals surface area contributed by atoms with Gasteiger partial charge in [0.2, 0.25) is 0 Å². The van der Waals surface area contributed by atoms with Crippen LogP contribution in [0.3, 0.4) is 0 Å². The maximum atomic E-state index is 12.2. The van der Waals surface area contributed by atoms with Crippen molar-refractivity contribution in [3.63, 3.8) is 0 Å². The van der Waals surface area contributed by atoms with Crippen molar-refractivity contribution in [2.24, 2.45) is 5.92 Å². The summed E-state index contributed by atoms with van der Waals surface area (Å²) in [5.74, 6) is 0.690. The van der Waals surface area contributed by atoms with Gasteiger partial charge in [-0.15, -0.1) is 0 Å². The molecule has 0 bridgehead atoms. The van der Waals surface area contributed by atoms with Crippen LogP contribution in [0.2, 0.25) is 0 Å². The smallest absolute Gasteiger partial charge is 0.277 e. The second-order valence-corrected chi connectivity index (χ2v) is 6.31. The van der Waals surface area contributed by atoms with Gasteiger partial charge in [-0.05, 0) is 56.5 Å². The first kappa shape index (κ1) is 16.7. The van der Waals surface area contributed by atoms with Crippen LogP contribution in [0.4, 0.5) is 5.69 Å². The highest BCUT2D eigenvalue weighted by molar-refractivity contribution is 6.03. The molecule has 1 aromatic heterocycles. The van der Waals surface area contributed by atoms with E-state index in [-0.39, 0.29) is 12.5 Å². The predicted octanol–water partition coefficient (Wildman–Crippen LogP) is 2.44. The molecule has 1 amide bonds. The lowest BCUT2D eigenvalue weighted by atomic mass is 9.97. The molecule has 2 N–H and O–H groups in total. The van der Waals surface area contributed by atoms with Gasteiger partial charge >= 0.3 is 0 Å². The van der Waals surface area contributed by atoms with Crippen LogP contribution in [0.15, 0.2) is 35.1 Å². The number of rotatable bonds is 5. The van der Waals surface area contributed by atoms with Crippen molar-refractivity contribution in [3.8, 4) is 0 Å². The SMILES string of the molecule is Cc1ocnc1C(=O)Nc1cccc(CN2CCC(CO)CC2)c1. The molecule has 0 saturated carbocycles. The van der Waals surface area contributed by atoms with E-state index in [1.165, 1.54) is 6.39 Å². The van der Waals surface area contributed by atoms with Crippen molar-refractivity contribution in [1.29, 1.82) is 0 Å². The number of aliphatic hydroxyl groups excluding tert-OH is 1. The lowest BCUT2D eigenvalue weighted by Gasteiger charge is -2.31. The quantitative estimate of drug-likeness (QED) is 0.881. The largest absolute Gasteiger partial charge is 0.448 e. The summed E-state index contributed by atoms with van der Waals surface area (Å²) in [4.78, 5) is 18.5. The maximum absolute atomic E-state index is 12.2. The van der Waals surface area contributed by atoms with Crippen LogP contribution in [-0.2, 0) is 6.54 Å². The summed E-state index contributed by atoms with van der Waals surface area (Å²) in [7, 11) is 0. The maximum Gasteiger partial charge on any atom is 0.277 e. The molecule has 2 heterocycles. The van der Waals surface area contributed by atoms with E-state index in [4.69, 9.17) is 4.42 Å². The van der Waals surface area contributed by atoms with Crippen molar-refractivity contribution in [1.82, 2.24) is 9.88 Å². The fourth-order valence-electron chi connectivity index (χ4n) is 3.05. The van der Waals surface area contributed by atoms with Gasteiger partial charge in [0.05, 0.1) is 0 Å². The van der Waals surface area contributed by atoms with Crippen LogP contribution in [-0.4, -0.2) is 40.6 Å². The van der Waals surface area contributed by atoms with Crippen LogP contribution in [0.5, 0.6) is 0 Å². The number of aromatic nitrogens is 1. The van der Waals surface area contributed by atoms with Crippen molar-refractivity contribution < 1.29 is 14.3 Å². The summed E-state index contributed by atoms with van der Waals surface area (Å²) < 4.78 is 5.07. The highest BCUT2D eigenvalue weighted by Crippen LogP contribution is 2.20. The molecule has 0 spiro atoms. The Morgan fingerprint density at radius 3 is 2.88 bits per heavy atom. The number of carbonyl (C=O) groups excluding carboxylic acids is 1. The van der Waals surface area contributed by atoms with E-state index in [0.29, 0.717) is 17.4 Å². The molecule has 1 saturated heterocycles. The Kier molecular flexibility index (Phi) is 5.27. The first-order valence-corrected chi connectivity index (χ1v) is 8.29. The summed E-state index contributed by atoms with van der Waals surface area (Å²) in [5.41, 5.74) is 2.23. The molecular weight excluding hydrogens is 306 g/mol. The Hall–Kier alpha value is -2.18. The number of nitrogens with zero attached hydrogens (tertiary/aromatic N) is 2. The Balaban J connectivity index is 1.60. The zero-order valence-corrected chi connectivity index (χ0v) is 13.9. The first-order chi connectivity index (χ1) is 11.7. The number of hydrogen-bond acceptors (Lipinski definition) is 5. The van der Waals surface area contributed by atoms with E-state index >= 15 is 0 Å². The van der Waals surface area contributed by atoms with Crippen molar-refractivity contribution in [3.05, 3.63) is 47.7 Å². The minimum Gasteiger partial charge on any atom is -0.448 e. The molecule has 24 heavy (non-hydrogen) atoms. The normalized spacial score (nSPS) is 16.2. The van der Waals surface area contributed by atoms with Crippen molar-refractivity contribution >= 4 is 11.6 Å². The van der Waals surface area contributed by atoms with E-state index in [1.54, 1.807) is 6.92 Å². The molecule has 0 aliphatic carbocycles. The number of carbonyl (C=O) groups is 1. The number of aryl methyl sites for hydroxylation is 1. The van der Waals surface area contributed by atoms with Gasteiger partial charge in [-0.1, -0.05) is 12.1 Å². The average Bonchev–Trinajstić information content (AvgIpc) is 3.02. The van der Waals surface area contributed by atoms with Gasteiger partial charge in [0.1, 0.15) is 5.76 Å². The number of aliphatic hydroxyl groups is 1. The molecule has 1 aromatic carbocycles. The molecule has 0 atom stereocenters. The summed E-state index contributed by atoms with van der Waals surface area (Å²) in [6, 6.07) is 7.87. The monoisotopic (exact) mass is 329 g/mol. The number of piperidine rings is 1. The number of benzene rings is 1. The van der Waals surface area contributed by atoms with E-state index in [2.05, 4.69) is 21.3 Å². The standard InChI is InChI=1S/C18H23N3O3/c1-13-17(19-12-24-13)18(23)20-16-4-2-3-15(9-16)10-21-7-5-14(11-22)6-8-21/h2-4,9,12,14,22H,5-8,10-11H2,1H3,(H,20,23). The fourth-order valence-corrected chi connectivity index (χ4v) is 3.05. The number of nitrogens with one attached hydrogen (secondary N) is 1. The average molecular weight is 329 g/mol. The number of amides is 1. The molecule has 6 heteroatoms. The number of oxazole rings is 1. The van der Waals surface area contributed by atoms with E-state index in [1.807, 2.05) is 18.2 Å². The van der Waals surface area contributed by atoms with Crippen LogP contribution in [0.25, 0.3) is 0 Å². The summed E-state index contributed by atoms with van der Waals surface area (Å²) >= 11 is 0. The van der Waals surface area contributed by atoms with Crippen LogP contribution in [0, 0.1) is 12.8 Å². The molecule has 0 unspecified atom stereocenters. The minimum absolute atomic E-state index is 0.262. The molecule has 2 aromatic rings. The van der Waals surface area contributed by atoms with Gasteiger partial charge in [0.25, 0.3) is 5.91 Å². The zero-order chi connectivity index (χ0) is 16.9. The van der Waals surface area contributed by atoms with E-state index in [9.17, 15) is 9.90 Å². The van der Waals surface area contributed by atoms with Gasteiger partial charge in [0, 0.05) is 18.8 Å². The number of hydrogen-bond donors (Lipinski definition) is 2.